The second-order valence-corrected chi connectivity index (χ2v) is 11.9. The van der Waals surface area contributed by atoms with Crippen LogP contribution >= 0.6 is 0 Å². The van der Waals surface area contributed by atoms with Gasteiger partial charge in [-0.3, -0.25) is 9.59 Å². The first kappa shape index (κ1) is 25.8. The van der Waals surface area contributed by atoms with Crippen LogP contribution in [-0.4, -0.2) is 41.0 Å². The highest BCUT2D eigenvalue weighted by molar-refractivity contribution is 6.14. The monoisotopic (exact) mass is 548 g/mol. The maximum absolute atomic E-state index is 13.8. The van der Waals surface area contributed by atoms with Crippen LogP contribution in [0.2, 0.25) is 0 Å². The Morgan fingerprint density at radius 2 is 1.83 bits per heavy atom. The summed E-state index contributed by atoms with van der Waals surface area (Å²) in [6.07, 6.45) is 4.56. The molecule has 2 amide bonds. The fourth-order valence-electron chi connectivity index (χ4n) is 7.04. The van der Waals surface area contributed by atoms with Gasteiger partial charge in [0.15, 0.2) is 0 Å². The zero-order valence-corrected chi connectivity index (χ0v) is 23.9. The molecule has 1 atom stereocenters. The van der Waals surface area contributed by atoms with E-state index in [-0.39, 0.29) is 29.7 Å². The summed E-state index contributed by atoms with van der Waals surface area (Å²) in [6, 6.07) is 16.5. The second kappa shape index (κ2) is 9.77. The van der Waals surface area contributed by atoms with Crippen molar-refractivity contribution in [2.45, 2.75) is 39.2 Å². The van der Waals surface area contributed by atoms with Gasteiger partial charge >= 0.3 is 0 Å². The highest BCUT2D eigenvalue weighted by Gasteiger charge is 2.44. The molecule has 4 aliphatic heterocycles. The van der Waals surface area contributed by atoms with E-state index in [0.717, 1.165) is 47.5 Å². The lowest BCUT2D eigenvalue weighted by molar-refractivity contribution is -0.113. The lowest BCUT2D eigenvalue weighted by Gasteiger charge is -2.39. The minimum Gasteiger partial charge on any atom is -0.381 e. The number of carbonyl (C=O) groups is 2. The Balaban J connectivity index is 1.38. The summed E-state index contributed by atoms with van der Waals surface area (Å²) in [5.74, 6) is 0.250. The lowest BCUT2D eigenvalue weighted by atomic mass is 9.91. The smallest absolute Gasteiger partial charge is 0.272 e. The molecule has 1 unspecified atom stereocenters. The molecule has 0 radical (unpaired) electrons. The largest absolute Gasteiger partial charge is 0.381 e. The van der Waals surface area contributed by atoms with Crippen molar-refractivity contribution in [1.29, 1.82) is 0 Å². The molecule has 0 aliphatic carbocycles. The van der Waals surface area contributed by atoms with Crippen molar-refractivity contribution >= 4 is 23.2 Å². The Kier molecular flexibility index (Phi) is 6.16. The van der Waals surface area contributed by atoms with E-state index in [9.17, 15) is 9.59 Å². The van der Waals surface area contributed by atoms with Gasteiger partial charge in [0.2, 0.25) is 0 Å². The summed E-state index contributed by atoms with van der Waals surface area (Å²) in [7, 11) is 2.12. The van der Waals surface area contributed by atoms with E-state index in [4.69, 9.17) is 4.74 Å². The fourth-order valence-corrected chi connectivity index (χ4v) is 7.04. The van der Waals surface area contributed by atoms with Gasteiger partial charge in [-0.2, -0.15) is 0 Å². The van der Waals surface area contributed by atoms with E-state index in [1.54, 1.807) is 0 Å². The Bertz CT molecular complexity index is 1610. The molecule has 5 heterocycles. The molecule has 210 valence electrons. The van der Waals surface area contributed by atoms with Crippen LogP contribution < -0.4 is 10.2 Å². The number of nitrogens with zero attached hydrogens (tertiary/aromatic N) is 3. The maximum atomic E-state index is 13.8. The van der Waals surface area contributed by atoms with E-state index >= 15 is 0 Å². The summed E-state index contributed by atoms with van der Waals surface area (Å²) in [4.78, 5) is 31.3. The topological polar surface area (TPSA) is 66.8 Å². The molecular formula is C34H36N4O3. The number of fused-ring (bicyclic) bond motifs is 6. The molecule has 7 rings (SSSR count). The summed E-state index contributed by atoms with van der Waals surface area (Å²) >= 11 is 0. The van der Waals surface area contributed by atoms with Crippen LogP contribution in [0.4, 0.5) is 11.4 Å². The van der Waals surface area contributed by atoms with Crippen LogP contribution in [0.1, 0.15) is 59.9 Å². The molecule has 1 N–H and O–H groups in total. The molecule has 0 spiro atoms. The predicted octanol–water partition coefficient (Wildman–Crippen LogP) is 6.03. The molecule has 1 saturated heterocycles. The average molecular weight is 549 g/mol. The number of amides is 2. The Labute approximate surface area is 241 Å². The minimum atomic E-state index is -0.166. The molecule has 2 aromatic carbocycles. The number of aromatic nitrogens is 1. The Morgan fingerprint density at radius 1 is 1.07 bits per heavy atom. The van der Waals surface area contributed by atoms with Crippen molar-refractivity contribution in [1.82, 2.24) is 9.47 Å². The highest BCUT2D eigenvalue weighted by Crippen LogP contribution is 2.49. The van der Waals surface area contributed by atoms with Gasteiger partial charge in [-0.15, -0.1) is 0 Å². The van der Waals surface area contributed by atoms with E-state index in [2.05, 4.69) is 78.7 Å². The van der Waals surface area contributed by atoms with E-state index in [0.29, 0.717) is 36.7 Å². The fraction of sp³-hybridized carbons (Fsp3) is 0.353. The summed E-state index contributed by atoms with van der Waals surface area (Å²) < 4.78 is 7.91. The molecule has 4 aliphatic rings. The first-order valence-electron chi connectivity index (χ1n) is 14.7. The number of benzene rings is 2. The Morgan fingerprint density at radius 3 is 2.56 bits per heavy atom. The average Bonchev–Trinajstić information content (AvgIpc) is 3.46. The lowest BCUT2D eigenvalue weighted by Crippen LogP contribution is -2.38. The summed E-state index contributed by atoms with van der Waals surface area (Å²) in [5.41, 5.74) is 9.47. The van der Waals surface area contributed by atoms with Gasteiger partial charge in [0, 0.05) is 67.4 Å². The number of nitrogens with one attached hydrogen (secondary N) is 1. The summed E-state index contributed by atoms with van der Waals surface area (Å²) in [6.45, 7) is 10.7. The molecule has 1 fully saturated rings. The predicted molar refractivity (Wildman–Crippen MR) is 161 cm³/mol. The van der Waals surface area contributed by atoms with Gasteiger partial charge in [0.05, 0.1) is 17.4 Å². The van der Waals surface area contributed by atoms with Gasteiger partial charge in [-0.1, -0.05) is 56.8 Å². The third-order valence-electron chi connectivity index (χ3n) is 9.04. The van der Waals surface area contributed by atoms with Crippen LogP contribution in [0.3, 0.4) is 0 Å². The van der Waals surface area contributed by atoms with Crippen LogP contribution in [0.5, 0.6) is 0 Å². The normalized spacial score (nSPS) is 21.1. The zero-order valence-electron chi connectivity index (χ0n) is 23.9. The van der Waals surface area contributed by atoms with Gasteiger partial charge < -0.3 is 24.4 Å². The van der Waals surface area contributed by atoms with E-state index in [1.807, 2.05) is 23.1 Å². The molecule has 41 heavy (non-hydrogen) atoms. The second-order valence-electron chi connectivity index (χ2n) is 11.9. The first-order chi connectivity index (χ1) is 19.8. The zero-order chi connectivity index (χ0) is 28.4. The number of ether oxygens (including phenoxy) is 1. The number of hydrogen-bond acceptors (Lipinski definition) is 4. The SMILES string of the molecule is C=C(C1CCOCC1)N1/C(=C\C(C)C)C(=O)Nc2cc3c(cc21)C1c2cc(-c4ccccc4)n(C)c2CCN1C3=O. The molecular weight excluding hydrogens is 512 g/mol. The van der Waals surface area contributed by atoms with E-state index < -0.39 is 0 Å². The van der Waals surface area contributed by atoms with Crippen molar-refractivity contribution in [3.05, 3.63) is 95.0 Å². The van der Waals surface area contributed by atoms with Crippen molar-refractivity contribution < 1.29 is 14.3 Å². The third kappa shape index (κ3) is 4.05. The van der Waals surface area contributed by atoms with Crippen LogP contribution in [0.15, 0.2) is 72.6 Å². The molecule has 3 aromatic rings. The summed E-state index contributed by atoms with van der Waals surface area (Å²) in [5, 5.41) is 3.10. The molecule has 7 heteroatoms. The van der Waals surface area contributed by atoms with Crippen LogP contribution in [-0.2, 0) is 23.0 Å². The van der Waals surface area contributed by atoms with Crippen molar-refractivity contribution in [2.75, 3.05) is 30.0 Å². The molecule has 1 aromatic heterocycles. The first-order valence-corrected chi connectivity index (χ1v) is 14.7. The van der Waals surface area contributed by atoms with Gasteiger partial charge in [0.1, 0.15) is 5.70 Å². The standard InChI is InChI=1S/C34H36N4O3/c1-20(2)16-31-33(39)35-27-17-25-24(18-30(27)38(31)21(3)22-11-14-41-15-12-22)32-26-19-29(23-8-6-5-7-9-23)36(4)28(26)10-13-37(32)34(25)40/h5-9,16-20,22,32H,3,10-15H2,1-2,4H3,(H,35,39)/b31-16-. The van der Waals surface area contributed by atoms with E-state index in [1.165, 1.54) is 11.3 Å². The quantitative estimate of drug-likeness (QED) is 0.404. The number of rotatable bonds is 4. The minimum absolute atomic E-state index is 0.0242. The number of carbonyl (C=O) groups excluding carboxylic acids is 2. The van der Waals surface area contributed by atoms with Gasteiger partial charge in [-0.25, -0.2) is 0 Å². The molecule has 7 nitrogen and oxygen atoms in total. The third-order valence-corrected chi connectivity index (χ3v) is 9.04. The number of allylic oxidation sites excluding steroid dienone is 2. The number of anilines is 2. The van der Waals surface area contributed by atoms with Crippen molar-refractivity contribution in [3.63, 3.8) is 0 Å². The van der Waals surface area contributed by atoms with Gasteiger partial charge in [0.25, 0.3) is 11.8 Å². The van der Waals surface area contributed by atoms with Crippen LogP contribution in [0, 0.1) is 11.8 Å². The van der Waals surface area contributed by atoms with Gasteiger partial charge in [-0.05, 0) is 48.1 Å². The van der Waals surface area contributed by atoms with Crippen molar-refractivity contribution in [2.24, 2.45) is 18.9 Å². The number of hydrogen-bond donors (Lipinski definition) is 1. The van der Waals surface area contributed by atoms with Crippen molar-refractivity contribution in [3.8, 4) is 11.3 Å². The molecule has 0 saturated carbocycles. The molecule has 0 bridgehead atoms. The maximum Gasteiger partial charge on any atom is 0.272 e. The van der Waals surface area contributed by atoms with Crippen LogP contribution in [0.25, 0.3) is 11.3 Å². The highest BCUT2D eigenvalue weighted by atomic mass is 16.5. The Hall–Kier alpha value is -4.10.